The Labute approximate surface area is 120 Å². The van der Waals surface area contributed by atoms with Crippen LogP contribution in [-0.4, -0.2) is 32.1 Å². The van der Waals surface area contributed by atoms with E-state index in [1.165, 1.54) is 6.42 Å². The third-order valence-electron chi connectivity index (χ3n) is 3.83. The average molecular weight is 299 g/mol. The van der Waals surface area contributed by atoms with Crippen LogP contribution in [0, 0.1) is 0 Å². The largest absolute Gasteiger partial charge is 0.243 e. The van der Waals surface area contributed by atoms with Crippen LogP contribution in [0.5, 0.6) is 0 Å². The molecular formula is C14H21NO2S2. The van der Waals surface area contributed by atoms with E-state index in [1.54, 1.807) is 35.2 Å². The molecule has 1 fully saturated rings. The minimum atomic E-state index is -3.34. The highest BCUT2D eigenvalue weighted by Crippen LogP contribution is 2.27. The SMILES string of the molecule is CSc1ccc(S(=O)(=O)N(C)C2CCCCC2)cc1. The quantitative estimate of drug-likeness (QED) is 0.800. The van der Waals surface area contributed by atoms with E-state index in [1.807, 2.05) is 18.4 Å². The highest BCUT2D eigenvalue weighted by molar-refractivity contribution is 7.98. The first-order valence-electron chi connectivity index (χ1n) is 6.68. The average Bonchev–Trinajstić information content (AvgIpc) is 2.47. The Morgan fingerprint density at radius 2 is 1.68 bits per heavy atom. The molecule has 0 aliphatic heterocycles. The maximum absolute atomic E-state index is 12.6. The van der Waals surface area contributed by atoms with Crippen molar-refractivity contribution in [2.24, 2.45) is 0 Å². The van der Waals surface area contributed by atoms with E-state index in [9.17, 15) is 8.42 Å². The fourth-order valence-electron chi connectivity index (χ4n) is 2.55. The van der Waals surface area contributed by atoms with E-state index in [0.717, 1.165) is 30.6 Å². The van der Waals surface area contributed by atoms with Crippen LogP contribution in [0.1, 0.15) is 32.1 Å². The fraction of sp³-hybridized carbons (Fsp3) is 0.571. The standard InChI is InChI=1S/C14H21NO2S2/c1-15(12-6-4-3-5-7-12)19(16,17)14-10-8-13(18-2)9-11-14/h8-12H,3-7H2,1-2H3. The molecule has 0 N–H and O–H groups in total. The summed E-state index contributed by atoms with van der Waals surface area (Å²) in [6.45, 7) is 0. The third-order valence-corrected chi connectivity index (χ3v) is 6.49. The van der Waals surface area contributed by atoms with Crippen molar-refractivity contribution >= 4 is 21.8 Å². The minimum Gasteiger partial charge on any atom is -0.207 e. The van der Waals surface area contributed by atoms with Crippen LogP contribution < -0.4 is 0 Å². The van der Waals surface area contributed by atoms with Gasteiger partial charge < -0.3 is 0 Å². The highest BCUT2D eigenvalue weighted by Gasteiger charge is 2.28. The number of hydrogen-bond donors (Lipinski definition) is 0. The van der Waals surface area contributed by atoms with Gasteiger partial charge in [-0.3, -0.25) is 0 Å². The van der Waals surface area contributed by atoms with Gasteiger partial charge in [0.05, 0.1) is 4.90 Å². The van der Waals surface area contributed by atoms with Crippen LogP contribution in [-0.2, 0) is 10.0 Å². The molecule has 1 saturated carbocycles. The van der Waals surface area contributed by atoms with Crippen LogP contribution >= 0.6 is 11.8 Å². The van der Waals surface area contributed by atoms with Gasteiger partial charge in [-0.25, -0.2) is 8.42 Å². The summed E-state index contributed by atoms with van der Waals surface area (Å²) in [7, 11) is -1.62. The Morgan fingerprint density at radius 1 is 1.11 bits per heavy atom. The van der Waals surface area contributed by atoms with Crippen LogP contribution in [0.2, 0.25) is 0 Å². The van der Waals surface area contributed by atoms with Crippen molar-refractivity contribution < 1.29 is 8.42 Å². The summed E-state index contributed by atoms with van der Waals surface area (Å²) < 4.78 is 26.7. The lowest BCUT2D eigenvalue weighted by molar-refractivity contribution is 0.286. The van der Waals surface area contributed by atoms with Crippen molar-refractivity contribution in [1.29, 1.82) is 0 Å². The van der Waals surface area contributed by atoms with Gasteiger partial charge in [0.25, 0.3) is 0 Å². The summed E-state index contributed by atoms with van der Waals surface area (Å²) in [5.41, 5.74) is 0. The molecule has 1 aromatic carbocycles. The normalized spacial score (nSPS) is 17.8. The van der Waals surface area contributed by atoms with E-state index >= 15 is 0 Å². The predicted molar refractivity (Wildman–Crippen MR) is 80.0 cm³/mol. The molecule has 0 heterocycles. The minimum absolute atomic E-state index is 0.166. The fourth-order valence-corrected chi connectivity index (χ4v) is 4.38. The molecule has 106 valence electrons. The van der Waals surface area contributed by atoms with Crippen molar-refractivity contribution in [1.82, 2.24) is 4.31 Å². The number of thioether (sulfide) groups is 1. The van der Waals surface area contributed by atoms with Gasteiger partial charge in [0, 0.05) is 18.0 Å². The van der Waals surface area contributed by atoms with Gasteiger partial charge in [-0.1, -0.05) is 19.3 Å². The molecule has 2 rings (SSSR count). The van der Waals surface area contributed by atoms with Gasteiger partial charge in [-0.15, -0.1) is 11.8 Å². The molecule has 19 heavy (non-hydrogen) atoms. The Bertz CT molecular complexity index is 505. The summed E-state index contributed by atoms with van der Waals surface area (Å²) in [4.78, 5) is 1.48. The number of hydrogen-bond acceptors (Lipinski definition) is 3. The van der Waals surface area contributed by atoms with E-state index in [2.05, 4.69) is 0 Å². The second-order valence-electron chi connectivity index (χ2n) is 4.99. The molecule has 1 aliphatic carbocycles. The van der Waals surface area contributed by atoms with Crippen LogP contribution in [0.3, 0.4) is 0 Å². The van der Waals surface area contributed by atoms with Crippen molar-refractivity contribution in [3.8, 4) is 0 Å². The molecule has 5 heteroatoms. The summed E-state index contributed by atoms with van der Waals surface area (Å²) in [5, 5.41) is 0. The molecule has 0 aromatic heterocycles. The number of benzene rings is 1. The van der Waals surface area contributed by atoms with Crippen LogP contribution in [0.15, 0.2) is 34.1 Å². The van der Waals surface area contributed by atoms with Gasteiger partial charge in [0.2, 0.25) is 10.0 Å². The van der Waals surface area contributed by atoms with Crippen molar-refractivity contribution in [3.63, 3.8) is 0 Å². The first-order valence-corrected chi connectivity index (χ1v) is 9.34. The molecule has 0 bridgehead atoms. The van der Waals surface area contributed by atoms with E-state index in [0.29, 0.717) is 4.90 Å². The number of rotatable bonds is 4. The number of nitrogens with zero attached hydrogens (tertiary/aromatic N) is 1. The molecule has 0 amide bonds. The Balaban J connectivity index is 2.19. The summed E-state index contributed by atoms with van der Waals surface area (Å²) in [6.07, 6.45) is 7.45. The zero-order valence-electron chi connectivity index (χ0n) is 11.5. The van der Waals surface area contributed by atoms with Crippen LogP contribution in [0.25, 0.3) is 0 Å². The lowest BCUT2D eigenvalue weighted by atomic mass is 9.96. The predicted octanol–water partition coefficient (Wildman–Crippen LogP) is 3.36. The Kier molecular flexibility index (Phi) is 4.92. The molecule has 0 radical (unpaired) electrons. The molecule has 0 spiro atoms. The van der Waals surface area contributed by atoms with Gasteiger partial charge >= 0.3 is 0 Å². The first kappa shape index (κ1) is 14.9. The highest BCUT2D eigenvalue weighted by atomic mass is 32.2. The molecule has 1 aromatic rings. The maximum Gasteiger partial charge on any atom is 0.243 e. The topological polar surface area (TPSA) is 37.4 Å². The zero-order valence-corrected chi connectivity index (χ0v) is 13.1. The van der Waals surface area contributed by atoms with Crippen LogP contribution in [0.4, 0.5) is 0 Å². The number of sulfonamides is 1. The van der Waals surface area contributed by atoms with E-state index in [-0.39, 0.29) is 6.04 Å². The molecule has 1 aliphatic rings. The lowest BCUT2D eigenvalue weighted by Crippen LogP contribution is -2.38. The third kappa shape index (κ3) is 3.33. The van der Waals surface area contributed by atoms with Crippen molar-refractivity contribution in [2.75, 3.05) is 13.3 Å². The molecule has 0 saturated heterocycles. The van der Waals surface area contributed by atoms with Crippen molar-refractivity contribution in [2.45, 2.75) is 47.9 Å². The van der Waals surface area contributed by atoms with Gasteiger partial charge in [-0.05, 0) is 43.4 Å². The molecule has 3 nitrogen and oxygen atoms in total. The summed E-state index contributed by atoms with van der Waals surface area (Å²) in [6, 6.07) is 7.32. The zero-order chi connectivity index (χ0) is 13.9. The summed E-state index contributed by atoms with van der Waals surface area (Å²) >= 11 is 1.62. The lowest BCUT2D eigenvalue weighted by Gasteiger charge is -2.30. The Morgan fingerprint density at radius 3 is 2.21 bits per heavy atom. The Hall–Kier alpha value is -0.520. The van der Waals surface area contributed by atoms with Crippen molar-refractivity contribution in [3.05, 3.63) is 24.3 Å². The molecule has 0 unspecified atom stereocenters. The monoisotopic (exact) mass is 299 g/mol. The van der Waals surface area contributed by atoms with Gasteiger partial charge in [-0.2, -0.15) is 4.31 Å². The van der Waals surface area contributed by atoms with E-state index < -0.39 is 10.0 Å². The first-order chi connectivity index (χ1) is 9.05. The molecule has 0 atom stereocenters. The maximum atomic E-state index is 12.6. The second kappa shape index (κ2) is 6.29. The van der Waals surface area contributed by atoms with Gasteiger partial charge in [0.1, 0.15) is 0 Å². The van der Waals surface area contributed by atoms with Gasteiger partial charge in [0.15, 0.2) is 0 Å². The second-order valence-corrected chi connectivity index (χ2v) is 7.87. The smallest absolute Gasteiger partial charge is 0.207 e. The molecular weight excluding hydrogens is 278 g/mol. The summed E-state index contributed by atoms with van der Waals surface area (Å²) in [5.74, 6) is 0. The van der Waals surface area contributed by atoms with E-state index in [4.69, 9.17) is 0 Å².